The molecule has 1 aliphatic heterocycles. The van der Waals surface area contributed by atoms with Crippen LogP contribution in [-0.4, -0.2) is 4.98 Å². The van der Waals surface area contributed by atoms with E-state index in [1.54, 1.807) is 0 Å². The third-order valence-electron chi connectivity index (χ3n) is 4.43. The fourth-order valence-corrected chi connectivity index (χ4v) is 3.55. The van der Waals surface area contributed by atoms with Gasteiger partial charge in [0.2, 0.25) is 0 Å². The van der Waals surface area contributed by atoms with Crippen LogP contribution >= 0.6 is 15.9 Å². The van der Waals surface area contributed by atoms with Gasteiger partial charge in [0, 0.05) is 11.6 Å². The Morgan fingerprint density at radius 3 is 2.50 bits per heavy atom. The van der Waals surface area contributed by atoms with Gasteiger partial charge in [-0.1, -0.05) is 66.7 Å². The molecule has 0 radical (unpaired) electrons. The van der Waals surface area contributed by atoms with Crippen LogP contribution in [0.15, 0.2) is 83.1 Å². The van der Waals surface area contributed by atoms with Crippen molar-refractivity contribution in [2.75, 3.05) is 4.90 Å². The molecule has 3 rings (SSSR count). The molecule has 1 aromatic heterocycles. The Bertz CT molecular complexity index is 828. The van der Waals surface area contributed by atoms with Gasteiger partial charge in [0.25, 0.3) is 0 Å². The lowest BCUT2D eigenvalue weighted by Crippen LogP contribution is -2.33. The zero-order valence-electron chi connectivity index (χ0n) is 14.3. The number of anilines is 2. The zero-order chi connectivity index (χ0) is 17.3. The average Bonchev–Trinajstić information content (AvgIpc) is 2.55. The minimum absolute atomic E-state index is 0.127. The number of aromatic nitrogens is 1. The van der Waals surface area contributed by atoms with E-state index in [2.05, 4.69) is 76.6 Å². The van der Waals surface area contributed by atoms with Crippen LogP contribution in [0.1, 0.15) is 26.3 Å². The van der Waals surface area contributed by atoms with Gasteiger partial charge in [-0.3, -0.25) is 4.90 Å². The van der Waals surface area contributed by atoms with E-state index < -0.39 is 0 Å². The summed E-state index contributed by atoms with van der Waals surface area (Å²) in [6.45, 7) is 10.6. The van der Waals surface area contributed by atoms with Gasteiger partial charge < -0.3 is 0 Å². The normalized spacial score (nSPS) is 16.8. The lowest BCUT2D eigenvalue weighted by atomic mass is 9.73. The summed E-state index contributed by atoms with van der Waals surface area (Å²) in [6, 6.07) is 14.5. The molecule has 0 spiro atoms. The first kappa shape index (κ1) is 16.7. The number of allylic oxidation sites excluding steroid dienone is 4. The van der Waals surface area contributed by atoms with Gasteiger partial charge in [-0.05, 0) is 46.8 Å². The monoisotopic (exact) mass is 380 g/mol. The van der Waals surface area contributed by atoms with E-state index in [1.807, 2.05) is 37.4 Å². The molecule has 3 heteroatoms. The van der Waals surface area contributed by atoms with Crippen molar-refractivity contribution in [1.82, 2.24) is 4.98 Å². The van der Waals surface area contributed by atoms with E-state index >= 15 is 0 Å². The standard InChI is InChI=1S/C21H21BrN2/c1-5-16-19(14-15(2)22)24(20-12-8-9-13-23-20)18-11-7-6-10-17(18)21(16,3)4/h5-14H,1H2,2-4H3/b15-14+. The van der Waals surface area contributed by atoms with Crippen LogP contribution in [0.3, 0.4) is 0 Å². The molecular weight excluding hydrogens is 360 g/mol. The lowest BCUT2D eigenvalue weighted by molar-refractivity contribution is 0.621. The summed E-state index contributed by atoms with van der Waals surface area (Å²) in [7, 11) is 0. The fraction of sp³-hybridized carbons (Fsp3) is 0.190. The van der Waals surface area contributed by atoms with Gasteiger partial charge in [0.1, 0.15) is 5.82 Å². The topological polar surface area (TPSA) is 16.1 Å². The lowest BCUT2D eigenvalue weighted by Gasteiger charge is -2.41. The van der Waals surface area contributed by atoms with Crippen molar-refractivity contribution in [1.29, 1.82) is 0 Å². The van der Waals surface area contributed by atoms with Crippen LogP contribution in [0, 0.1) is 0 Å². The van der Waals surface area contributed by atoms with E-state index in [9.17, 15) is 0 Å². The number of pyridine rings is 1. The maximum absolute atomic E-state index is 4.59. The second-order valence-electron chi connectivity index (χ2n) is 6.40. The number of benzene rings is 1. The summed E-state index contributed by atoms with van der Waals surface area (Å²) in [4.78, 5) is 6.80. The molecule has 122 valence electrons. The third-order valence-corrected chi connectivity index (χ3v) is 4.66. The average molecular weight is 381 g/mol. The fourth-order valence-electron chi connectivity index (χ4n) is 3.34. The van der Waals surface area contributed by atoms with E-state index in [1.165, 1.54) is 11.1 Å². The Hall–Kier alpha value is -2.13. The number of halogens is 1. The molecule has 1 aromatic carbocycles. The molecule has 0 saturated heterocycles. The number of fused-ring (bicyclic) bond motifs is 1. The van der Waals surface area contributed by atoms with Crippen LogP contribution in [0.25, 0.3) is 0 Å². The van der Waals surface area contributed by atoms with Crippen molar-refractivity contribution in [2.45, 2.75) is 26.2 Å². The van der Waals surface area contributed by atoms with Crippen molar-refractivity contribution >= 4 is 27.4 Å². The summed E-state index contributed by atoms with van der Waals surface area (Å²) in [5.74, 6) is 0.903. The first-order valence-corrected chi connectivity index (χ1v) is 8.77. The van der Waals surface area contributed by atoms with Crippen LogP contribution in [0.2, 0.25) is 0 Å². The first-order valence-electron chi connectivity index (χ1n) is 7.98. The first-order chi connectivity index (χ1) is 11.5. The van der Waals surface area contributed by atoms with Crippen LogP contribution in [0.5, 0.6) is 0 Å². The molecular formula is C21H21BrN2. The summed E-state index contributed by atoms with van der Waals surface area (Å²) >= 11 is 3.59. The van der Waals surface area contributed by atoms with E-state index in [0.29, 0.717) is 0 Å². The van der Waals surface area contributed by atoms with Gasteiger partial charge in [-0.25, -0.2) is 4.98 Å². The maximum atomic E-state index is 4.59. The zero-order valence-corrected chi connectivity index (χ0v) is 15.8. The molecule has 0 amide bonds. The molecule has 2 aromatic rings. The summed E-state index contributed by atoms with van der Waals surface area (Å²) in [5, 5.41) is 0. The Balaban J connectivity index is 2.38. The Morgan fingerprint density at radius 2 is 1.88 bits per heavy atom. The molecule has 0 fully saturated rings. The number of hydrogen-bond acceptors (Lipinski definition) is 2. The maximum Gasteiger partial charge on any atom is 0.137 e. The van der Waals surface area contributed by atoms with Crippen molar-refractivity contribution < 1.29 is 0 Å². The van der Waals surface area contributed by atoms with E-state index in [4.69, 9.17) is 0 Å². The van der Waals surface area contributed by atoms with Gasteiger partial charge in [0.15, 0.2) is 0 Å². The number of nitrogens with zero attached hydrogens (tertiary/aromatic N) is 2. The van der Waals surface area contributed by atoms with Crippen LogP contribution in [-0.2, 0) is 5.41 Å². The number of hydrogen-bond donors (Lipinski definition) is 0. The second kappa shape index (κ2) is 6.40. The highest BCUT2D eigenvalue weighted by Gasteiger charge is 2.37. The van der Waals surface area contributed by atoms with Gasteiger partial charge in [-0.15, -0.1) is 0 Å². The molecule has 1 aliphatic rings. The highest BCUT2D eigenvalue weighted by Crippen LogP contribution is 2.48. The summed E-state index contributed by atoms with van der Waals surface area (Å²) in [6.07, 6.45) is 5.94. The molecule has 0 aliphatic carbocycles. The Kier molecular flexibility index (Phi) is 4.46. The van der Waals surface area contributed by atoms with Crippen molar-refractivity contribution in [3.8, 4) is 0 Å². The van der Waals surface area contributed by atoms with Gasteiger partial charge >= 0.3 is 0 Å². The number of rotatable bonds is 3. The minimum Gasteiger partial charge on any atom is -0.294 e. The molecule has 0 unspecified atom stereocenters. The Morgan fingerprint density at radius 1 is 1.17 bits per heavy atom. The predicted molar refractivity (Wildman–Crippen MR) is 106 cm³/mol. The molecule has 2 heterocycles. The molecule has 0 atom stereocenters. The highest BCUT2D eigenvalue weighted by molar-refractivity contribution is 9.11. The molecule has 0 N–H and O–H groups in total. The van der Waals surface area contributed by atoms with Crippen molar-refractivity contribution in [3.63, 3.8) is 0 Å². The Labute approximate surface area is 152 Å². The molecule has 0 saturated carbocycles. The largest absolute Gasteiger partial charge is 0.294 e. The molecule has 2 nitrogen and oxygen atoms in total. The second-order valence-corrected chi connectivity index (χ2v) is 7.65. The number of para-hydroxylation sites is 1. The highest BCUT2D eigenvalue weighted by atomic mass is 79.9. The van der Waals surface area contributed by atoms with Crippen molar-refractivity contribution in [2.24, 2.45) is 0 Å². The smallest absolute Gasteiger partial charge is 0.137 e. The summed E-state index contributed by atoms with van der Waals surface area (Å²) < 4.78 is 1.06. The molecule has 24 heavy (non-hydrogen) atoms. The van der Waals surface area contributed by atoms with Crippen LogP contribution in [0.4, 0.5) is 11.5 Å². The van der Waals surface area contributed by atoms with Gasteiger partial charge in [-0.2, -0.15) is 0 Å². The SMILES string of the molecule is C=CC1=C(/C=C(\C)Br)N(c2ccccn2)c2ccccc2C1(C)C. The third kappa shape index (κ3) is 2.73. The van der Waals surface area contributed by atoms with Crippen molar-refractivity contribution in [3.05, 3.63) is 88.7 Å². The van der Waals surface area contributed by atoms with E-state index in [0.717, 1.165) is 21.7 Å². The molecule has 0 bridgehead atoms. The summed E-state index contributed by atoms with van der Waals surface area (Å²) in [5.41, 5.74) is 4.59. The van der Waals surface area contributed by atoms with Gasteiger partial charge in [0.05, 0.1) is 11.4 Å². The quantitative estimate of drug-likeness (QED) is 0.625. The van der Waals surface area contributed by atoms with Crippen LogP contribution < -0.4 is 4.90 Å². The predicted octanol–water partition coefficient (Wildman–Crippen LogP) is 6.25. The van der Waals surface area contributed by atoms with E-state index in [-0.39, 0.29) is 5.41 Å². The minimum atomic E-state index is -0.127.